The maximum atomic E-state index is 9.18. The van der Waals surface area contributed by atoms with Crippen LogP contribution in [-0.4, -0.2) is 49.9 Å². The molecule has 1 rings (SSSR count). The van der Waals surface area contributed by atoms with Gasteiger partial charge in [0, 0.05) is 15.1 Å². The molecule has 1 radical (unpaired) electrons. The summed E-state index contributed by atoms with van der Waals surface area (Å²) in [5.74, 6) is 0. The SMILES string of the molecule is C[B][C@@H]1O[C@H](CO)[C@H](OCC)C1OPP. The fraction of sp³-hybridized carbons (Fsp3) is 1.00. The maximum Gasteiger partial charge on any atom is 0.149 e. The average Bonchev–Trinajstić information content (AvgIpc) is 2.58. The quantitative estimate of drug-likeness (QED) is 0.555. The van der Waals surface area contributed by atoms with Gasteiger partial charge in [-0.3, -0.25) is 0 Å². The van der Waals surface area contributed by atoms with E-state index < -0.39 is 0 Å². The lowest BCUT2D eigenvalue weighted by atomic mass is 9.72. The van der Waals surface area contributed by atoms with Crippen LogP contribution >= 0.6 is 17.4 Å². The molecule has 4 nitrogen and oxygen atoms in total. The predicted molar refractivity (Wildman–Crippen MR) is 65.7 cm³/mol. The average molecular weight is 251 g/mol. The highest BCUT2D eigenvalue weighted by atomic mass is 32.0. The van der Waals surface area contributed by atoms with Gasteiger partial charge in [0.25, 0.3) is 0 Å². The summed E-state index contributed by atoms with van der Waals surface area (Å²) in [5.41, 5.74) is 0. The van der Waals surface area contributed by atoms with Crippen LogP contribution in [0.4, 0.5) is 0 Å². The lowest BCUT2D eigenvalue weighted by Gasteiger charge is -2.22. The molecule has 6 atom stereocenters. The van der Waals surface area contributed by atoms with Crippen LogP contribution in [0.1, 0.15) is 6.92 Å². The zero-order chi connectivity index (χ0) is 11.3. The largest absolute Gasteiger partial charge is 0.394 e. The molecule has 0 bridgehead atoms. The van der Waals surface area contributed by atoms with Gasteiger partial charge < -0.3 is 19.1 Å². The van der Waals surface area contributed by atoms with Crippen molar-refractivity contribution in [2.45, 2.75) is 38.1 Å². The molecule has 1 heterocycles. The highest BCUT2D eigenvalue weighted by Crippen LogP contribution is 2.33. The molecule has 1 aliphatic rings. The summed E-state index contributed by atoms with van der Waals surface area (Å²) in [5, 5.41) is 9.18. The summed E-state index contributed by atoms with van der Waals surface area (Å²) in [7, 11) is 4.80. The van der Waals surface area contributed by atoms with E-state index in [0.717, 1.165) is 0 Å². The molecule has 0 aromatic rings. The molecule has 0 aromatic carbocycles. The first kappa shape index (κ1) is 13.8. The van der Waals surface area contributed by atoms with Crippen molar-refractivity contribution in [2.24, 2.45) is 0 Å². The predicted octanol–water partition coefficient (Wildman–Crippen LogP) is 0.630. The van der Waals surface area contributed by atoms with Crippen molar-refractivity contribution in [3.05, 3.63) is 0 Å². The molecule has 1 aliphatic heterocycles. The topological polar surface area (TPSA) is 47.9 Å². The van der Waals surface area contributed by atoms with E-state index in [9.17, 15) is 5.11 Å². The Labute approximate surface area is 95.6 Å². The highest BCUT2D eigenvalue weighted by molar-refractivity contribution is 8.00. The molecule has 1 N–H and O–H groups in total. The van der Waals surface area contributed by atoms with Gasteiger partial charge in [-0.15, -0.1) is 0 Å². The molecule has 3 unspecified atom stereocenters. The van der Waals surface area contributed by atoms with E-state index in [4.69, 9.17) is 14.0 Å². The van der Waals surface area contributed by atoms with Crippen LogP contribution in [0.25, 0.3) is 0 Å². The van der Waals surface area contributed by atoms with Crippen molar-refractivity contribution in [1.29, 1.82) is 0 Å². The normalized spacial score (nSPS) is 36.5. The van der Waals surface area contributed by atoms with E-state index in [0.29, 0.717) is 15.1 Å². The third-order valence-electron chi connectivity index (χ3n) is 2.42. The molecular formula is C8H18BO4P2. The Kier molecular flexibility index (Phi) is 6.60. The third kappa shape index (κ3) is 3.36. The van der Waals surface area contributed by atoms with Crippen molar-refractivity contribution in [2.75, 3.05) is 13.2 Å². The van der Waals surface area contributed by atoms with Gasteiger partial charge in [-0.1, -0.05) is 15.8 Å². The van der Waals surface area contributed by atoms with Crippen LogP contribution in [-0.2, 0) is 14.0 Å². The third-order valence-corrected chi connectivity index (χ3v) is 3.23. The van der Waals surface area contributed by atoms with Crippen LogP contribution in [0.5, 0.6) is 0 Å². The molecule has 0 amide bonds. The standard InChI is InChI=1S/C8H18BO4P2/c1-3-11-6-5(4-10)12-8(9-2)7(6)13-15-14/h5-8,10,15H,3-4,14H2,1-2H3/t5-,6+,7?,8-/m1/s1. The molecule has 0 aromatic heterocycles. The summed E-state index contributed by atoms with van der Waals surface area (Å²) >= 11 is 0. The molecule has 0 spiro atoms. The fourth-order valence-electron chi connectivity index (χ4n) is 1.78. The highest BCUT2D eigenvalue weighted by Gasteiger charge is 2.44. The van der Waals surface area contributed by atoms with Crippen LogP contribution in [0, 0.1) is 0 Å². The first-order valence-corrected chi connectivity index (χ1v) is 7.78. The first-order chi connectivity index (χ1) is 7.28. The molecule has 0 saturated carbocycles. The molecule has 1 fully saturated rings. The summed E-state index contributed by atoms with van der Waals surface area (Å²) < 4.78 is 16.8. The molecule has 87 valence electrons. The van der Waals surface area contributed by atoms with E-state index in [2.05, 4.69) is 8.93 Å². The van der Waals surface area contributed by atoms with Crippen LogP contribution in [0.15, 0.2) is 0 Å². The number of hydrogen-bond acceptors (Lipinski definition) is 4. The van der Waals surface area contributed by atoms with Crippen molar-refractivity contribution < 1.29 is 19.1 Å². The Morgan fingerprint density at radius 2 is 2.27 bits per heavy atom. The minimum atomic E-state index is -0.280. The monoisotopic (exact) mass is 251 g/mol. The minimum Gasteiger partial charge on any atom is -0.394 e. The van der Waals surface area contributed by atoms with Crippen molar-refractivity contribution in [3.8, 4) is 0 Å². The second kappa shape index (κ2) is 7.16. The van der Waals surface area contributed by atoms with Gasteiger partial charge in [0.05, 0.1) is 12.6 Å². The second-order valence-electron chi connectivity index (χ2n) is 3.28. The van der Waals surface area contributed by atoms with Crippen LogP contribution < -0.4 is 0 Å². The second-order valence-corrected chi connectivity index (χ2v) is 4.45. The number of aliphatic hydroxyl groups excluding tert-OH is 1. The van der Waals surface area contributed by atoms with E-state index in [-0.39, 0.29) is 30.9 Å². The van der Waals surface area contributed by atoms with E-state index in [1.165, 1.54) is 0 Å². The minimum absolute atomic E-state index is 0.0329. The zero-order valence-corrected chi connectivity index (χ0v) is 11.2. The van der Waals surface area contributed by atoms with E-state index in [1.54, 1.807) is 0 Å². The summed E-state index contributed by atoms with van der Waals surface area (Å²) in [4.78, 5) is 0. The van der Waals surface area contributed by atoms with Gasteiger partial charge in [-0.05, 0) is 6.92 Å². The van der Waals surface area contributed by atoms with Gasteiger partial charge >= 0.3 is 0 Å². The Morgan fingerprint density at radius 3 is 2.73 bits per heavy atom. The van der Waals surface area contributed by atoms with Crippen molar-refractivity contribution >= 4 is 24.7 Å². The number of rotatable bonds is 6. The fourth-order valence-corrected chi connectivity index (χ4v) is 2.67. The summed E-state index contributed by atoms with van der Waals surface area (Å²) in [6.45, 7) is 4.42. The molecular weight excluding hydrogens is 233 g/mol. The Hall–Kier alpha value is 0.765. The first-order valence-electron chi connectivity index (χ1n) is 5.07. The lowest BCUT2D eigenvalue weighted by Crippen LogP contribution is -2.38. The lowest BCUT2D eigenvalue weighted by molar-refractivity contribution is -0.0440. The van der Waals surface area contributed by atoms with Crippen molar-refractivity contribution in [1.82, 2.24) is 0 Å². The smallest absolute Gasteiger partial charge is 0.149 e. The Morgan fingerprint density at radius 1 is 1.53 bits per heavy atom. The van der Waals surface area contributed by atoms with E-state index in [1.807, 2.05) is 21.0 Å². The Bertz CT molecular complexity index is 168. The Balaban J connectivity index is 2.65. The molecule has 15 heavy (non-hydrogen) atoms. The number of ether oxygens (including phenoxy) is 2. The molecule has 7 heteroatoms. The van der Waals surface area contributed by atoms with Gasteiger partial charge in [-0.25, -0.2) is 0 Å². The van der Waals surface area contributed by atoms with Crippen LogP contribution in [0.2, 0.25) is 6.82 Å². The summed E-state index contributed by atoms with van der Waals surface area (Å²) in [6, 6.07) is -0.0910. The van der Waals surface area contributed by atoms with Crippen molar-refractivity contribution in [3.63, 3.8) is 0 Å². The number of hydrogen-bond donors (Lipinski definition) is 1. The molecule has 1 saturated heterocycles. The van der Waals surface area contributed by atoms with Gasteiger partial charge in [0.2, 0.25) is 0 Å². The summed E-state index contributed by atoms with van der Waals surface area (Å²) in [6.07, 6.45) is -0.560. The van der Waals surface area contributed by atoms with Crippen LogP contribution in [0.3, 0.4) is 0 Å². The van der Waals surface area contributed by atoms with Gasteiger partial charge in [-0.2, -0.15) is 0 Å². The van der Waals surface area contributed by atoms with Gasteiger partial charge in [0.15, 0.2) is 0 Å². The molecule has 0 aliphatic carbocycles. The zero-order valence-electron chi connectivity index (χ0n) is 9.05. The number of aliphatic hydroxyl groups is 1. The maximum absolute atomic E-state index is 9.18. The van der Waals surface area contributed by atoms with E-state index >= 15 is 0 Å². The van der Waals surface area contributed by atoms with Gasteiger partial charge in [0.1, 0.15) is 25.6 Å².